The molecule has 2 aromatic carbocycles. The molecular weight excluding hydrogens is 368 g/mol. The molecule has 1 fully saturated rings. The molecule has 1 saturated carbocycles. The summed E-state index contributed by atoms with van der Waals surface area (Å²) < 4.78 is 5.49. The second kappa shape index (κ2) is 7.05. The number of hydrogen-bond donors (Lipinski definition) is 2. The van der Waals surface area contributed by atoms with E-state index in [-0.39, 0.29) is 5.92 Å². The molecule has 6 nitrogen and oxygen atoms in total. The Morgan fingerprint density at radius 2 is 1.66 bits per heavy atom. The Balaban J connectivity index is 1.68. The van der Waals surface area contributed by atoms with Crippen LogP contribution in [0.2, 0.25) is 0 Å². The summed E-state index contributed by atoms with van der Waals surface area (Å²) in [6.07, 6.45) is 1.69. The summed E-state index contributed by atoms with van der Waals surface area (Å²) >= 11 is 0. The zero-order valence-corrected chi connectivity index (χ0v) is 15.8. The minimum Gasteiger partial charge on any atom is -0.468 e. The van der Waals surface area contributed by atoms with Crippen LogP contribution in [0.5, 0.6) is 0 Å². The molecule has 0 saturated heterocycles. The van der Waals surface area contributed by atoms with Gasteiger partial charge in [0, 0.05) is 11.5 Å². The lowest BCUT2D eigenvalue weighted by Crippen LogP contribution is -2.49. The van der Waals surface area contributed by atoms with Gasteiger partial charge in [-0.25, -0.2) is 0 Å². The lowest BCUT2D eigenvalue weighted by Gasteiger charge is -2.17. The topological polar surface area (TPSA) is 102 Å². The van der Waals surface area contributed by atoms with Crippen molar-refractivity contribution < 1.29 is 18.8 Å². The number of hydrogen-bond acceptors (Lipinski definition) is 4. The van der Waals surface area contributed by atoms with E-state index >= 15 is 0 Å². The van der Waals surface area contributed by atoms with Gasteiger partial charge in [-0.15, -0.1) is 0 Å². The van der Waals surface area contributed by atoms with Crippen molar-refractivity contribution in [2.75, 3.05) is 0 Å². The number of ketones is 1. The fraction of sp³-hybridized carbons (Fsp3) is 0.174. The predicted molar refractivity (Wildman–Crippen MR) is 107 cm³/mol. The average molecular weight is 388 g/mol. The molecule has 1 aliphatic rings. The Labute approximate surface area is 167 Å². The number of carbonyl (C=O) groups excluding carboxylic acids is 3. The Bertz CT molecular complexity index is 1090. The van der Waals surface area contributed by atoms with E-state index in [0.717, 1.165) is 11.1 Å². The second-order valence-corrected chi connectivity index (χ2v) is 7.23. The SMILES string of the molecule is Cc1occ(C(=O)NC2(C(=O)C(N)=O)C[C@H]2c2ccccc2)c1-c1ccccc1. The van der Waals surface area contributed by atoms with Gasteiger partial charge in [-0.3, -0.25) is 14.4 Å². The largest absolute Gasteiger partial charge is 0.468 e. The molecule has 1 unspecified atom stereocenters. The van der Waals surface area contributed by atoms with Gasteiger partial charge < -0.3 is 15.5 Å². The molecule has 6 heteroatoms. The van der Waals surface area contributed by atoms with Crippen molar-refractivity contribution in [3.8, 4) is 11.1 Å². The number of nitrogens with one attached hydrogen (secondary N) is 1. The monoisotopic (exact) mass is 388 g/mol. The highest BCUT2D eigenvalue weighted by molar-refractivity contribution is 6.40. The molecule has 2 amide bonds. The third kappa shape index (κ3) is 3.23. The van der Waals surface area contributed by atoms with Gasteiger partial charge in [-0.2, -0.15) is 0 Å². The maximum Gasteiger partial charge on any atom is 0.287 e. The molecule has 0 bridgehead atoms. The molecule has 3 N–H and O–H groups in total. The molecule has 1 aliphatic carbocycles. The van der Waals surface area contributed by atoms with Gasteiger partial charge in [-0.05, 0) is 24.5 Å². The predicted octanol–water partition coefficient (Wildman–Crippen LogP) is 2.97. The van der Waals surface area contributed by atoms with Crippen molar-refractivity contribution in [3.63, 3.8) is 0 Å². The van der Waals surface area contributed by atoms with Gasteiger partial charge in [0.1, 0.15) is 17.6 Å². The van der Waals surface area contributed by atoms with Crippen LogP contribution < -0.4 is 11.1 Å². The third-order valence-electron chi connectivity index (χ3n) is 5.41. The van der Waals surface area contributed by atoms with E-state index in [2.05, 4.69) is 5.32 Å². The van der Waals surface area contributed by atoms with E-state index in [4.69, 9.17) is 10.2 Å². The van der Waals surface area contributed by atoms with Crippen LogP contribution in [-0.2, 0) is 9.59 Å². The average Bonchev–Trinajstić information content (AvgIpc) is 3.33. The van der Waals surface area contributed by atoms with Gasteiger partial charge >= 0.3 is 0 Å². The molecule has 3 aromatic rings. The zero-order chi connectivity index (χ0) is 20.6. The summed E-state index contributed by atoms with van der Waals surface area (Å²) in [5.74, 6) is -2.04. The van der Waals surface area contributed by atoms with E-state index in [1.165, 1.54) is 6.26 Å². The number of primary amides is 1. The Kier molecular flexibility index (Phi) is 4.54. The van der Waals surface area contributed by atoms with Crippen molar-refractivity contribution in [2.45, 2.75) is 24.8 Å². The first-order valence-corrected chi connectivity index (χ1v) is 9.29. The van der Waals surface area contributed by atoms with Crippen LogP contribution in [0.15, 0.2) is 71.3 Å². The van der Waals surface area contributed by atoms with E-state index in [1.807, 2.05) is 60.7 Å². The molecule has 0 radical (unpaired) electrons. The highest BCUT2D eigenvalue weighted by Crippen LogP contribution is 2.52. The van der Waals surface area contributed by atoms with Gasteiger partial charge in [0.15, 0.2) is 0 Å². The molecule has 1 aromatic heterocycles. The number of amides is 2. The summed E-state index contributed by atoms with van der Waals surface area (Å²) in [5.41, 5.74) is 6.62. The van der Waals surface area contributed by atoms with E-state index in [0.29, 0.717) is 23.3 Å². The standard InChI is InChI=1S/C23H20N2O4/c1-14-19(16-10-6-3-7-11-16)17(13-29-14)22(28)25-23(20(26)21(24)27)12-18(23)15-8-4-2-5-9-15/h2-11,13,18H,12H2,1H3,(H2,24,27)(H,25,28)/t18-,23?/m0/s1. The van der Waals surface area contributed by atoms with Crippen LogP contribution in [-0.4, -0.2) is 23.1 Å². The van der Waals surface area contributed by atoms with E-state index < -0.39 is 23.1 Å². The maximum atomic E-state index is 13.1. The van der Waals surface area contributed by atoms with Gasteiger partial charge in [0.25, 0.3) is 11.8 Å². The lowest BCUT2D eigenvalue weighted by atomic mass is 9.99. The first-order chi connectivity index (χ1) is 13.9. The van der Waals surface area contributed by atoms with Crippen molar-refractivity contribution in [2.24, 2.45) is 5.73 Å². The third-order valence-corrected chi connectivity index (χ3v) is 5.41. The van der Waals surface area contributed by atoms with Crippen molar-refractivity contribution in [3.05, 3.63) is 83.8 Å². The van der Waals surface area contributed by atoms with Gasteiger partial charge in [-0.1, -0.05) is 60.7 Å². The fourth-order valence-corrected chi connectivity index (χ4v) is 3.87. The van der Waals surface area contributed by atoms with Crippen LogP contribution in [0.1, 0.15) is 34.0 Å². The van der Waals surface area contributed by atoms with Crippen LogP contribution in [0.3, 0.4) is 0 Å². The Morgan fingerprint density at radius 1 is 1.03 bits per heavy atom. The lowest BCUT2D eigenvalue weighted by molar-refractivity contribution is -0.137. The smallest absolute Gasteiger partial charge is 0.287 e. The molecule has 4 rings (SSSR count). The zero-order valence-electron chi connectivity index (χ0n) is 15.8. The minimum atomic E-state index is -1.33. The van der Waals surface area contributed by atoms with Crippen molar-refractivity contribution in [1.82, 2.24) is 5.32 Å². The van der Waals surface area contributed by atoms with Crippen molar-refractivity contribution in [1.29, 1.82) is 0 Å². The normalized spacial score (nSPS) is 20.1. The van der Waals surface area contributed by atoms with E-state index in [9.17, 15) is 14.4 Å². The quantitative estimate of drug-likeness (QED) is 0.634. The summed E-state index contributed by atoms with van der Waals surface area (Å²) in [4.78, 5) is 37.4. The Hall–Kier alpha value is -3.67. The molecule has 0 spiro atoms. The van der Waals surface area contributed by atoms with Crippen LogP contribution in [0.4, 0.5) is 0 Å². The summed E-state index contributed by atoms with van der Waals surface area (Å²) in [5, 5.41) is 2.79. The number of rotatable bonds is 6. The Morgan fingerprint density at radius 3 is 2.28 bits per heavy atom. The molecule has 2 atom stereocenters. The number of Topliss-reactive ketones (excluding diaryl/α,β-unsaturated/α-hetero) is 1. The summed E-state index contributed by atoms with van der Waals surface area (Å²) in [6.45, 7) is 1.77. The molecule has 1 heterocycles. The van der Waals surface area contributed by atoms with E-state index in [1.54, 1.807) is 6.92 Å². The molecule has 29 heavy (non-hydrogen) atoms. The van der Waals surface area contributed by atoms with Crippen LogP contribution in [0.25, 0.3) is 11.1 Å². The number of aryl methyl sites for hydroxylation is 1. The number of furan rings is 1. The number of carbonyl (C=O) groups is 3. The highest BCUT2D eigenvalue weighted by atomic mass is 16.3. The summed E-state index contributed by atoms with van der Waals surface area (Å²) in [7, 11) is 0. The minimum absolute atomic E-state index is 0.305. The first kappa shape index (κ1) is 18.7. The fourth-order valence-electron chi connectivity index (χ4n) is 3.87. The number of benzene rings is 2. The van der Waals surface area contributed by atoms with Crippen LogP contribution in [0, 0.1) is 6.92 Å². The molecule has 0 aliphatic heterocycles. The molecular formula is C23H20N2O4. The van der Waals surface area contributed by atoms with Gasteiger partial charge in [0.2, 0.25) is 5.78 Å². The summed E-state index contributed by atoms with van der Waals surface area (Å²) in [6, 6.07) is 18.7. The maximum absolute atomic E-state index is 13.1. The van der Waals surface area contributed by atoms with Crippen LogP contribution >= 0.6 is 0 Å². The molecule has 146 valence electrons. The first-order valence-electron chi connectivity index (χ1n) is 9.29. The van der Waals surface area contributed by atoms with Gasteiger partial charge in [0.05, 0.1) is 5.56 Å². The van der Waals surface area contributed by atoms with Crippen molar-refractivity contribution >= 4 is 17.6 Å². The second-order valence-electron chi connectivity index (χ2n) is 7.23. The number of nitrogens with two attached hydrogens (primary N) is 1. The highest BCUT2D eigenvalue weighted by Gasteiger charge is 2.63.